The van der Waals surface area contributed by atoms with Crippen LogP contribution in [0.1, 0.15) is 19.3 Å². The fraction of sp³-hybridized carbons (Fsp3) is 0.600. The Morgan fingerprint density at radius 3 is 2.75 bits per heavy atom. The SMILES string of the molecule is NC(=O)CC1CCN(c2cc(N)ns2)CC1. The summed E-state index contributed by atoms with van der Waals surface area (Å²) < 4.78 is 4.06. The second-order valence-electron chi connectivity index (χ2n) is 4.19. The molecule has 1 amide bonds. The zero-order chi connectivity index (χ0) is 11.5. The number of nitrogens with zero attached hydrogens (tertiary/aromatic N) is 2. The summed E-state index contributed by atoms with van der Waals surface area (Å²) in [6, 6.07) is 1.90. The molecule has 2 rings (SSSR count). The van der Waals surface area contributed by atoms with Crippen molar-refractivity contribution in [3.8, 4) is 0 Å². The topological polar surface area (TPSA) is 85.2 Å². The number of anilines is 2. The lowest BCUT2D eigenvalue weighted by molar-refractivity contribution is -0.119. The Labute approximate surface area is 98.6 Å². The maximum atomic E-state index is 10.8. The Balaban J connectivity index is 1.87. The highest BCUT2D eigenvalue weighted by atomic mass is 32.1. The zero-order valence-electron chi connectivity index (χ0n) is 9.06. The molecule has 0 bridgehead atoms. The summed E-state index contributed by atoms with van der Waals surface area (Å²) in [6.07, 6.45) is 2.54. The van der Waals surface area contributed by atoms with Crippen molar-refractivity contribution in [2.45, 2.75) is 19.3 Å². The number of carbonyl (C=O) groups excluding carboxylic acids is 1. The predicted molar refractivity (Wildman–Crippen MR) is 65.3 cm³/mol. The van der Waals surface area contributed by atoms with E-state index < -0.39 is 0 Å². The van der Waals surface area contributed by atoms with E-state index in [4.69, 9.17) is 11.5 Å². The highest BCUT2D eigenvalue weighted by molar-refractivity contribution is 7.10. The van der Waals surface area contributed by atoms with Gasteiger partial charge in [0.1, 0.15) is 10.8 Å². The third-order valence-electron chi connectivity index (χ3n) is 2.93. The molecule has 1 aromatic heterocycles. The largest absolute Gasteiger partial charge is 0.383 e. The van der Waals surface area contributed by atoms with Gasteiger partial charge in [0.15, 0.2) is 0 Å². The van der Waals surface area contributed by atoms with Crippen LogP contribution in [0.15, 0.2) is 6.07 Å². The number of piperidine rings is 1. The van der Waals surface area contributed by atoms with E-state index in [-0.39, 0.29) is 5.91 Å². The van der Waals surface area contributed by atoms with Crippen LogP contribution in [0.25, 0.3) is 0 Å². The van der Waals surface area contributed by atoms with Gasteiger partial charge < -0.3 is 16.4 Å². The van der Waals surface area contributed by atoms with Crippen LogP contribution in [-0.4, -0.2) is 23.4 Å². The number of hydrogen-bond acceptors (Lipinski definition) is 5. The number of hydrogen-bond donors (Lipinski definition) is 2. The highest BCUT2D eigenvalue weighted by Crippen LogP contribution is 2.28. The number of primary amides is 1. The van der Waals surface area contributed by atoms with Gasteiger partial charge in [-0.15, -0.1) is 0 Å². The number of amides is 1. The maximum Gasteiger partial charge on any atom is 0.217 e. The number of aromatic nitrogens is 1. The minimum atomic E-state index is -0.194. The van der Waals surface area contributed by atoms with Crippen molar-refractivity contribution in [3.63, 3.8) is 0 Å². The average Bonchev–Trinajstić information content (AvgIpc) is 2.65. The fourth-order valence-corrected chi connectivity index (χ4v) is 2.79. The smallest absolute Gasteiger partial charge is 0.217 e. The summed E-state index contributed by atoms with van der Waals surface area (Å²) in [6.45, 7) is 1.92. The summed E-state index contributed by atoms with van der Waals surface area (Å²) in [5, 5.41) is 1.12. The minimum Gasteiger partial charge on any atom is -0.383 e. The number of nitrogens with two attached hydrogens (primary N) is 2. The van der Waals surface area contributed by atoms with Crippen molar-refractivity contribution in [2.75, 3.05) is 23.7 Å². The molecule has 6 heteroatoms. The van der Waals surface area contributed by atoms with Crippen LogP contribution in [0.2, 0.25) is 0 Å². The predicted octanol–water partition coefficient (Wildman–Crippen LogP) is 0.817. The van der Waals surface area contributed by atoms with E-state index in [2.05, 4.69) is 9.27 Å². The molecule has 1 aromatic rings. The van der Waals surface area contributed by atoms with Crippen molar-refractivity contribution >= 4 is 28.3 Å². The van der Waals surface area contributed by atoms with Gasteiger partial charge in [-0.1, -0.05) is 0 Å². The Morgan fingerprint density at radius 1 is 1.56 bits per heavy atom. The lowest BCUT2D eigenvalue weighted by atomic mass is 9.93. The molecule has 1 saturated heterocycles. The highest BCUT2D eigenvalue weighted by Gasteiger charge is 2.21. The summed E-state index contributed by atoms with van der Waals surface area (Å²) in [5.41, 5.74) is 10.8. The molecule has 0 aromatic carbocycles. The van der Waals surface area contributed by atoms with Gasteiger partial charge in [0.2, 0.25) is 5.91 Å². The normalized spacial score (nSPS) is 17.6. The standard InChI is InChI=1S/C10H16N4OS/c11-8-6-10(16-13-8)14-3-1-7(2-4-14)5-9(12)15/h6-7H,1-5H2,(H2,11,13)(H2,12,15). The van der Waals surface area contributed by atoms with Gasteiger partial charge >= 0.3 is 0 Å². The molecule has 0 spiro atoms. The number of nitrogen functional groups attached to an aromatic ring is 1. The minimum absolute atomic E-state index is 0.194. The average molecular weight is 240 g/mol. The molecule has 1 aliphatic rings. The first-order chi connectivity index (χ1) is 7.65. The molecule has 16 heavy (non-hydrogen) atoms. The number of carbonyl (C=O) groups is 1. The van der Waals surface area contributed by atoms with Crippen molar-refractivity contribution in [2.24, 2.45) is 11.7 Å². The molecule has 0 aliphatic carbocycles. The van der Waals surface area contributed by atoms with Crippen LogP contribution in [0.5, 0.6) is 0 Å². The summed E-state index contributed by atoms with van der Waals surface area (Å²) >= 11 is 1.43. The van der Waals surface area contributed by atoms with Gasteiger partial charge in [-0.3, -0.25) is 4.79 Å². The van der Waals surface area contributed by atoms with Gasteiger partial charge in [-0.05, 0) is 30.3 Å². The Hall–Kier alpha value is -1.30. The van der Waals surface area contributed by atoms with Crippen LogP contribution in [0.4, 0.5) is 10.8 Å². The van der Waals surface area contributed by atoms with Gasteiger partial charge in [0.25, 0.3) is 0 Å². The molecule has 4 N–H and O–H groups in total. The quantitative estimate of drug-likeness (QED) is 0.819. The lowest BCUT2D eigenvalue weighted by Crippen LogP contribution is -2.34. The van der Waals surface area contributed by atoms with Gasteiger partial charge in [0, 0.05) is 25.6 Å². The van der Waals surface area contributed by atoms with Gasteiger partial charge in [0.05, 0.1) is 0 Å². The van der Waals surface area contributed by atoms with Crippen LogP contribution >= 0.6 is 11.5 Å². The first-order valence-electron chi connectivity index (χ1n) is 5.40. The Kier molecular flexibility index (Phi) is 3.28. The molecule has 88 valence electrons. The Bertz CT molecular complexity index is 371. The van der Waals surface area contributed by atoms with E-state index in [0.717, 1.165) is 30.9 Å². The first kappa shape index (κ1) is 11.2. The molecule has 5 nitrogen and oxygen atoms in total. The van der Waals surface area contributed by atoms with Gasteiger partial charge in [-0.2, -0.15) is 4.37 Å². The second kappa shape index (κ2) is 4.69. The Morgan fingerprint density at radius 2 is 2.25 bits per heavy atom. The van der Waals surface area contributed by atoms with Crippen molar-refractivity contribution in [1.82, 2.24) is 4.37 Å². The molecule has 0 radical (unpaired) electrons. The molecule has 1 aliphatic heterocycles. The zero-order valence-corrected chi connectivity index (χ0v) is 9.87. The molecular formula is C10H16N4OS. The van der Waals surface area contributed by atoms with Crippen molar-refractivity contribution in [3.05, 3.63) is 6.07 Å². The van der Waals surface area contributed by atoms with Crippen LogP contribution in [0.3, 0.4) is 0 Å². The van der Waals surface area contributed by atoms with E-state index in [9.17, 15) is 4.79 Å². The van der Waals surface area contributed by atoms with E-state index in [1.54, 1.807) is 0 Å². The first-order valence-corrected chi connectivity index (χ1v) is 6.18. The summed E-state index contributed by atoms with van der Waals surface area (Å²) in [5.74, 6) is 0.832. The van der Waals surface area contributed by atoms with Crippen LogP contribution < -0.4 is 16.4 Å². The van der Waals surface area contributed by atoms with Gasteiger partial charge in [-0.25, -0.2) is 0 Å². The molecule has 1 fully saturated rings. The lowest BCUT2D eigenvalue weighted by Gasteiger charge is -2.31. The molecule has 0 saturated carbocycles. The third kappa shape index (κ3) is 2.63. The van der Waals surface area contributed by atoms with E-state index in [1.807, 2.05) is 6.07 Å². The van der Waals surface area contributed by atoms with Crippen LogP contribution in [0, 0.1) is 5.92 Å². The monoisotopic (exact) mass is 240 g/mol. The summed E-state index contributed by atoms with van der Waals surface area (Å²) in [4.78, 5) is 13.1. The third-order valence-corrected chi connectivity index (χ3v) is 3.80. The van der Waals surface area contributed by atoms with Crippen molar-refractivity contribution < 1.29 is 4.79 Å². The van der Waals surface area contributed by atoms with Crippen molar-refractivity contribution in [1.29, 1.82) is 0 Å². The molecule has 0 unspecified atom stereocenters. The van der Waals surface area contributed by atoms with Crippen LogP contribution in [-0.2, 0) is 4.79 Å². The second-order valence-corrected chi connectivity index (χ2v) is 4.97. The van der Waals surface area contributed by atoms with E-state index >= 15 is 0 Å². The number of rotatable bonds is 3. The fourth-order valence-electron chi connectivity index (χ4n) is 2.07. The summed E-state index contributed by atoms with van der Waals surface area (Å²) in [7, 11) is 0. The van der Waals surface area contributed by atoms with E-state index in [0.29, 0.717) is 18.2 Å². The molecule has 0 atom stereocenters. The maximum absolute atomic E-state index is 10.8. The van der Waals surface area contributed by atoms with E-state index in [1.165, 1.54) is 11.5 Å². The molecular weight excluding hydrogens is 224 g/mol. The molecule has 2 heterocycles.